The van der Waals surface area contributed by atoms with E-state index in [0.29, 0.717) is 12.5 Å². The molecule has 351 valence electrons. The first kappa shape index (κ1) is 56.9. The van der Waals surface area contributed by atoms with Gasteiger partial charge in [-0.15, -0.1) is 0 Å². The third-order valence-electron chi connectivity index (χ3n) is 9.93. The van der Waals surface area contributed by atoms with Gasteiger partial charge in [0.1, 0.15) is 18.1 Å². The molecule has 67 heavy (non-hydrogen) atoms. The van der Waals surface area contributed by atoms with Crippen LogP contribution in [0.3, 0.4) is 0 Å². The van der Waals surface area contributed by atoms with Gasteiger partial charge in [-0.2, -0.15) is 0 Å². The normalized spacial score (nSPS) is 13.2. The van der Waals surface area contributed by atoms with Crippen molar-refractivity contribution in [2.45, 2.75) is 46.7 Å². The summed E-state index contributed by atoms with van der Waals surface area (Å²) in [5, 5.41) is 2.43. The Kier molecular flexibility index (Phi) is 24.4. The van der Waals surface area contributed by atoms with Crippen LogP contribution in [0, 0.1) is 5.92 Å². The molecule has 0 fully saturated rings. The number of hydrogen-bond donors (Lipinski definition) is 1. The number of carbonyl (C=O) groups is 4. The maximum absolute atomic E-state index is 12.1. The van der Waals surface area contributed by atoms with Gasteiger partial charge in [0.05, 0.1) is 24.5 Å². The van der Waals surface area contributed by atoms with E-state index >= 15 is 0 Å². The topological polar surface area (TPSA) is 157 Å². The number of aromatic nitrogens is 2. The van der Waals surface area contributed by atoms with Gasteiger partial charge in [0, 0.05) is 88.2 Å². The minimum absolute atomic E-state index is 0. The molecule has 1 unspecified atom stereocenters. The van der Waals surface area contributed by atoms with E-state index in [4.69, 9.17) is 15.2 Å². The number of fused-ring (bicyclic) bond motifs is 10. The Hall–Kier alpha value is -4.46. The fourth-order valence-corrected chi connectivity index (χ4v) is 7.76. The fraction of sp³-hybridized carbons (Fsp3) is 0.347. The Morgan fingerprint density at radius 3 is 1.66 bits per heavy atom. The number of rotatable bonds is 6. The van der Waals surface area contributed by atoms with E-state index in [-0.39, 0.29) is 41.9 Å². The monoisotopic (exact) mass is 1050 g/mol. The van der Waals surface area contributed by atoms with Crippen molar-refractivity contribution in [1.29, 1.82) is 0 Å². The molecular formula is C49H58BBr2N5NaO9. The van der Waals surface area contributed by atoms with E-state index < -0.39 is 17.9 Å². The van der Waals surface area contributed by atoms with Crippen LogP contribution in [0.25, 0.3) is 44.3 Å². The van der Waals surface area contributed by atoms with Crippen LogP contribution in [-0.4, -0.2) is 112 Å². The zero-order valence-corrected chi connectivity index (χ0v) is 44.7. The molecule has 4 heterocycles. The van der Waals surface area contributed by atoms with Gasteiger partial charge >= 0.3 is 41.5 Å². The summed E-state index contributed by atoms with van der Waals surface area (Å²) >= 11 is 7.13. The number of benzene rings is 4. The Bertz CT molecular complexity index is 2550. The smallest absolute Gasteiger partial charge is 0.793 e. The number of nitrogens with zero attached hydrogens (tertiary/aromatic N) is 4. The van der Waals surface area contributed by atoms with E-state index in [0.717, 1.165) is 89.2 Å². The first-order chi connectivity index (χ1) is 31.5. The molecule has 0 spiro atoms. The largest absolute Gasteiger partial charge is 1.00 e. The maximum Gasteiger partial charge on any atom is 1.00 e. The second-order valence-electron chi connectivity index (χ2n) is 16.0. The maximum atomic E-state index is 12.1. The molecule has 0 saturated carbocycles. The van der Waals surface area contributed by atoms with Crippen LogP contribution in [-0.2, 0) is 46.7 Å². The van der Waals surface area contributed by atoms with Gasteiger partial charge in [-0.25, -0.2) is 19.4 Å². The van der Waals surface area contributed by atoms with Crippen LogP contribution < -0.4 is 44.8 Å². The van der Waals surface area contributed by atoms with Crippen LogP contribution >= 0.6 is 31.9 Å². The van der Waals surface area contributed by atoms with E-state index in [1.54, 1.807) is 0 Å². The number of likely N-dealkylation sites (N-methyl/N-ethyl adjacent to an activating group) is 1. The minimum atomic E-state index is -0.639. The van der Waals surface area contributed by atoms with E-state index in [1.165, 1.54) is 41.9 Å². The second kappa shape index (κ2) is 28.8. The molecule has 1 atom stereocenters. The number of halogens is 2. The predicted molar refractivity (Wildman–Crippen MR) is 266 cm³/mol. The molecule has 8 rings (SSSR count). The summed E-state index contributed by atoms with van der Waals surface area (Å²) in [7, 11) is 12.6. The third-order valence-corrected chi connectivity index (χ3v) is 10.9. The van der Waals surface area contributed by atoms with Gasteiger partial charge in [-0.3, -0.25) is 9.59 Å². The number of ether oxygens (including phenoxy) is 2. The molecular weight excluding hydrogens is 996 g/mol. The van der Waals surface area contributed by atoms with Gasteiger partial charge in [-0.05, 0) is 108 Å². The van der Waals surface area contributed by atoms with Crippen LogP contribution in [0.5, 0.6) is 11.5 Å². The van der Waals surface area contributed by atoms with E-state index in [9.17, 15) is 19.2 Å². The number of Topliss-reactive ketones (excluding diaryl/α,β-unsaturated/α-hetero) is 1. The number of nitrogens with two attached hydrogens (primary N) is 1. The van der Waals surface area contributed by atoms with Crippen LogP contribution in [0.15, 0.2) is 106 Å². The summed E-state index contributed by atoms with van der Waals surface area (Å²) in [6.07, 6.45) is 2.37. The van der Waals surface area contributed by atoms with Gasteiger partial charge < -0.3 is 46.8 Å². The minimum Gasteiger partial charge on any atom is -0.793 e. The molecule has 2 aliphatic rings. The fourth-order valence-electron chi connectivity index (χ4n) is 7.04. The number of hydrogen-bond acceptors (Lipinski definition) is 12. The summed E-state index contributed by atoms with van der Waals surface area (Å²) < 4.78 is 22.2. The van der Waals surface area contributed by atoms with Crippen LogP contribution in [0.1, 0.15) is 33.6 Å². The Labute approximate surface area is 433 Å². The molecule has 6 aromatic rings. The van der Waals surface area contributed by atoms with Crippen molar-refractivity contribution in [3.63, 3.8) is 0 Å². The van der Waals surface area contributed by atoms with Gasteiger partial charge in [0.2, 0.25) is 5.97 Å². The van der Waals surface area contributed by atoms with Crippen LogP contribution in [0.2, 0.25) is 0 Å². The predicted octanol–water partition coefficient (Wildman–Crippen LogP) is 5.62. The molecule has 3 radical (unpaired) electrons. The number of ketones is 1. The molecule has 0 bridgehead atoms. The number of para-hydroxylation sites is 2. The van der Waals surface area contributed by atoms with Crippen molar-refractivity contribution in [3.8, 4) is 34.0 Å². The van der Waals surface area contributed by atoms with Crippen molar-refractivity contribution in [2.24, 2.45) is 11.7 Å². The third kappa shape index (κ3) is 18.2. The average Bonchev–Trinajstić information content (AvgIpc) is 3.81. The van der Waals surface area contributed by atoms with Crippen LogP contribution in [0.4, 0.5) is 0 Å². The van der Waals surface area contributed by atoms with Crippen molar-refractivity contribution in [3.05, 3.63) is 106 Å². The Morgan fingerprint density at radius 1 is 0.716 bits per heavy atom. The van der Waals surface area contributed by atoms with Crippen molar-refractivity contribution < 1.29 is 72.6 Å². The second-order valence-corrected chi connectivity index (χ2v) is 17.8. The Balaban J connectivity index is 0.000000258. The van der Waals surface area contributed by atoms with E-state index in [1.807, 2.05) is 50.5 Å². The SMILES string of the molecule is CC(=O)OOC(C)=O.CN(C)CCCC1COc2ccc(Br)cc2-c2cc3ccccc3n2C1.CN(C)CCN.O=C1COc2ccc(Br)cc2-c2cc3ccccc3n2C1.[B-]OC(C)=O.[Na+]. The summed E-state index contributed by atoms with van der Waals surface area (Å²) in [5.74, 6) is 0.572. The molecule has 4 aromatic carbocycles. The van der Waals surface area contributed by atoms with Crippen molar-refractivity contribution in [1.82, 2.24) is 18.9 Å². The van der Waals surface area contributed by atoms with E-state index in [2.05, 4.69) is 148 Å². The molecule has 18 heteroatoms. The van der Waals surface area contributed by atoms with Crippen molar-refractivity contribution in [2.75, 3.05) is 61.0 Å². The van der Waals surface area contributed by atoms with Gasteiger partial charge in [0.25, 0.3) is 0 Å². The molecule has 2 aromatic heterocycles. The standard InChI is InChI=1S/C22H25BrN2O.C17H12BrNO2.C4H12N2.C4H6O4.C2H3BO2.Na/c1-24(2)11-5-6-16-14-25-20-8-4-3-7-17(20)12-21(25)19-13-18(23)9-10-22(19)26-15-16;18-12-5-6-17-14(8-12)16-7-11-3-1-2-4-15(11)19(16)9-13(20)10-21-17;1-6(2)4-3-5;1-3(5)7-8-4(2)6;1-2(4)5-3;/h3-4,7-10,12-13,16H,5-6,11,14-15H2,1-2H3;1-8H,9-10H2;3-5H2,1-2H3;1-2H3;1H3;/q;;;;-1;+1. The first-order valence-corrected chi connectivity index (χ1v) is 22.9. The van der Waals surface area contributed by atoms with Gasteiger partial charge in [-0.1, -0.05) is 68.3 Å². The molecule has 14 nitrogen and oxygen atoms in total. The summed E-state index contributed by atoms with van der Waals surface area (Å²) in [5.41, 5.74) is 12.0. The first-order valence-electron chi connectivity index (χ1n) is 21.3. The molecule has 2 aliphatic heterocycles. The molecule has 2 N–H and O–H groups in total. The molecule has 0 saturated heterocycles. The quantitative estimate of drug-likeness (QED) is 0.125. The summed E-state index contributed by atoms with van der Waals surface area (Å²) in [4.78, 5) is 53.2. The average molecular weight is 1050 g/mol. The molecule has 0 amide bonds. The van der Waals surface area contributed by atoms with Gasteiger partial charge in [0.15, 0.2) is 5.78 Å². The van der Waals surface area contributed by atoms with Crippen molar-refractivity contribution >= 4 is 85.4 Å². The number of carbonyl (C=O) groups excluding carboxylic acids is 4. The molecule has 0 aliphatic carbocycles. The Morgan fingerprint density at radius 2 is 1.19 bits per heavy atom. The zero-order chi connectivity index (χ0) is 48.3. The zero-order valence-electron chi connectivity index (χ0n) is 39.6. The summed E-state index contributed by atoms with van der Waals surface area (Å²) in [6.45, 7) is 8.61. The summed E-state index contributed by atoms with van der Waals surface area (Å²) in [6, 6.07) is 33.4.